The summed E-state index contributed by atoms with van der Waals surface area (Å²) in [5.74, 6) is 0. The summed E-state index contributed by atoms with van der Waals surface area (Å²) in [4.78, 5) is 0. The minimum Gasteiger partial charge on any atom is -0.453 e. The van der Waals surface area contributed by atoms with Gasteiger partial charge >= 0.3 is 0 Å². The van der Waals surface area contributed by atoms with E-state index < -0.39 is 0 Å². The van der Waals surface area contributed by atoms with Crippen molar-refractivity contribution in [1.82, 2.24) is 9.78 Å². The second-order valence-electron chi connectivity index (χ2n) is 3.61. The highest BCUT2D eigenvalue weighted by Crippen LogP contribution is 2.27. The molecule has 0 radical (unpaired) electrons. The van der Waals surface area contributed by atoms with E-state index in [-0.39, 0.29) is 6.04 Å². The molecule has 5 heteroatoms. The first kappa shape index (κ1) is 11.2. The average molecular weight is 240 g/mol. The van der Waals surface area contributed by atoms with Gasteiger partial charge in [0.15, 0.2) is 5.22 Å². The Bertz CT molecular complexity index is 463. The average Bonchev–Trinajstić information content (AvgIpc) is 2.87. The second-order valence-corrected chi connectivity index (χ2v) is 3.95. The van der Waals surface area contributed by atoms with Gasteiger partial charge in [-0.15, -0.1) is 0 Å². The number of nitrogens with zero attached hydrogens (tertiary/aromatic N) is 2. The zero-order valence-electron chi connectivity index (χ0n) is 9.06. The molecule has 4 nitrogen and oxygen atoms in total. The third-order valence-electron chi connectivity index (χ3n) is 2.48. The Balaban J connectivity index is 2.30. The normalized spacial score (nSPS) is 12.9. The molecule has 1 atom stereocenters. The zero-order valence-corrected chi connectivity index (χ0v) is 9.81. The Morgan fingerprint density at radius 3 is 3.00 bits per heavy atom. The molecule has 1 unspecified atom stereocenters. The van der Waals surface area contributed by atoms with Gasteiger partial charge < -0.3 is 10.2 Å². The maximum Gasteiger partial charge on any atom is 0.198 e. The lowest BCUT2D eigenvalue weighted by Crippen LogP contribution is -2.17. The minimum absolute atomic E-state index is 0.291. The molecule has 2 rings (SSSR count). The number of halogens is 1. The van der Waals surface area contributed by atoms with Gasteiger partial charge in [-0.2, -0.15) is 5.10 Å². The summed E-state index contributed by atoms with van der Waals surface area (Å²) in [6.07, 6.45) is 4.30. The molecule has 0 aliphatic heterocycles. The summed E-state index contributed by atoms with van der Waals surface area (Å²) < 4.78 is 6.94. The molecular formula is C11H14ClN3O. The monoisotopic (exact) mass is 239 g/mol. The summed E-state index contributed by atoms with van der Waals surface area (Å²) in [6, 6.07) is 3.40. The lowest BCUT2D eigenvalue weighted by Gasteiger charge is -2.12. The van der Waals surface area contributed by atoms with E-state index in [0.29, 0.717) is 5.22 Å². The van der Waals surface area contributed by atoms with Crippen LogP contribution >= 0.6 is 11.6 Å². The number of rotatable bonds is 4. The topological polar surface area (TPSA) is 57.0 Å². The summed E-state index contributed by atoms with van der Waals surface area (Å²) in [6.45, 7) is 2.95. The van der Waals surface area contributed by atoms with Crippen LogP contribution in [0.15, 0.2) is 29.0 Å². The number of hydrogen-bond donors (Lipinski definition) is 1. The molecule has 0 saturated carbocycles. The molecule has 0 saturated heterocycles. The zero-order chi connectivity index (χ0) is 11.5. The van der Waals surface area contributed by atoms with Crippen molar-refractivity contribution in [1.29, 1.82) is 0 Å². The quantitative estimate of drug-likeness (QED) is 0.892. The molecule has 0 amide bonds. The maximum atomic E-state index is 6.13. The molecule has 0 fully saturated rings. The molecule has 2 N–H and O–H groups in total. The van der Waals surface area contributed by atoms with Gasteiger partial charge in [0.05, 0.1) is 18.0 Å². The Hall–Kier alpha value is -1.26. The molecule has 2 aromatic heterocycles. The molecule has 2 aromatic rings. The molecule has 0 bridgehead atoms. The fourth-order valence-corrected chi connectivity index (χ4v) is 1.92. The fourth-order valence-electron chi connectivity index (χ4n) is 1.69. The molecular weight excluding hydrogens is 226 g/mol. The van der Waals surface area contributed by atoms with E-state index in [4.69, 9.17) is 21.8 Å². The lowest BCUT2D eigenvalue weighted by atomic mass is 10.1. The lowest BCUT2D eigenvalue weighted by molar-refractivity contribution is 0.548. The third-order valence-corrected chi connectivity index (χ3v) is 2.79. The van der Waals surface area contributed by atoms with Gasteiger partial charge in [0.2, 0.25) is 0 Å². The summed E-state index contributed by atoms with van der Waals surface area (Å²) >= 11 is 5.90. The summed E-state index contributed by atoms with van der Waals surface area (Å²) in [5.41, 5.74) is 7.87. The first-order valence-electron chi connectivity index (χ1n) is 5.24. The first-order valence-corrected chi connectivity index (χ1v) is 5.62. The van der Waals surface area contributed by atoms with Gasteiger partial charge in [-0.3, -0.25) is 4.68 Å². The molecule has 0 aliphatic rings. The highest BCUT2D eigenvalue weighted by atomic mass is 35.5. The highest BCUT2D eigenvalue weighted by molar-refractivity contribution is 6.29. The largest absolute Gasteiger partial charge is 0.453 e. The summed E-state index contributed by atoms with van der Waals surface area (Å²) in [7, 11) is 0. The van der Waals surface area contributed by atoms with E-state index in [1.165, 1.54) is 6.26 Å². The van der Waals surface area contributed by atoms with Crippen molar-refractivity contribution in [2.45, 2.75) is 25.9 Å². The Morgan fingerprint density at radius 1 is 1.56 bits per heavy atom. The van der Waals surface area contributed by atoms with Crippen LogP contribution < -0.4 is 5.73 Å². The SMILES string of the molecule is CCCn1nccc1C(N)c1ccoc1Cl. The van der Waals surface area contributed by atoms with Crippen molar-refractivity contribution < 1.29 is 4.42 Å². The van der Waals surface area contributed by atoms with E-state index in [1.54, 1.807) is 12.3 Å². The maximum absolute atomic E-state index is 6.13. The van der Waals surface area contributed by atoms with Gasteiger partial charge in [0, 0.05) is 18.3 Å². The first-order chi connectivity index (χ1) is 7.74. The molecule has 16 heavy (non-hydrogen) atoms. The third kappa shape index (κ3) is 1.99. The van der Waals surface area contributed by atoms with Crippen molar-refractivity contribution >= 4 is 11.6 Å². The van der Waals surface area contributed by atoms with Crippen LogP contribution in [0.1, 0.15) is 30.6 Å². The highest BCUT2D eigenvalue weighted by Gasteiger charge is 2.18. The Labute approximate surface area is 99.0 Å². The minimum atomic E-state index is -0.291. The van der Waals surface area contributed by atoms with Gasteiger partial charge in [0.1, 0.15) is 0 Å². The molecule has 86 valence electrons. The Morgan fingerprint density at radius 2 is 2.38 bits per heavy atom. The molecule has 2 heterocycles. The standard InChI is InChI=1S/C11H14ClN3O/c1-2-6-15-9(3-5-14-15)10(13)8-4-7-16-11(8)12/h3-5,7,10H,2,6,13H2,1H3. The van der Waals surface area contributed by atoms with Gasteiger partial charge in [-0.05, 0) is 30.2 Å². The number of nitrogens with two attached hydrogens (primary N) is 1. The van der Waals surface area contributed by atoms with Crippen molar-refractivity contribution in [2.24, 2.45) is 5.73 Å². The van der Waals surface area contributed by atoms with Crippen LogP contribution in [0.4, 0.5) is 0 Å². The van der Waals surface area contributed by atoms with Gasteiger partial charge in [0.25, 0.3) is 0 Å². The predicted molar refractivity (Wildman–Crippen MR) is 62.3 cm³/mol. The van der Waals surface area contributed by atoms with E-state index >= 15 is 0 Å². The van der Waals surface area contributed by atoms with E-state index in [0.717, 1.165) is 24.2 Å². The van der Waals surface area contributed by atoms with Gasteiger partial charge in [-0.1, -0.05) is 6.92 Å². The second kappa shape index (κ2) is 4.72. The van der Waals surface area contributed by atoms with Crippen LogP contribution in [-0.2, 0) is 6.54 Å². The number of furan rings is 1. The number of aromatic nitrogens is 2. The number of aryl methyl sites for hydroxylation is 1. The predicted octanol–water partition coefficient (Wildman–Crippen LogP) is 2.59. The van der Waals surface area contributed by atoms with Crippen LogP contribution in [0.5, 0.6) is 0 Å². The van der Waals surface area contributed by atoms with Crippen LogP contribution in [0.25, 0.3) is 0 Å². The smallest absolute Gasteiger partial charge is 0.198 e. The van der Waals surface area contributed by atoms with Crippen molar-refractivity contribution in [3.63, 3.8) is 0 Å². The number of hydrogen-bond acceptors (Lipinski definition) is 3. The van der Waals surface area contributed by atoms with Crippen LogP contribution in [-0.4, -0.2) is 9.78 Å². The van der Waals surface area contributed by atoms with Gasteiger partial charge in [-0.25, -0.2) is 0 Å². The van der Waals surface area contributed by atoms with Crippen LogP contribution in [0.3, 0.4) is 0 Å². The van der Waals surface area contributed by atoms with E-state index in [2.05, 4.69) is 12.0 Å². The van der Waals surface area contributed by atoms with Crippen molar-refractivity contribution in [3.8, 4) is 0 Å². The van der Waals surface area contributed by atoms with E-state index in [1.807, 2.05) is 10.7 Å². The fraction of sp³-hybridized carbons (Fsp3) is 0.364. The van der Waals surface area contributed by atoms with E-state index in [9.17, 15) is 0 Å². The molecule has 0 aliphatic carbocycles. The van der Waals surface area contributed by atoms with Crippen LogP contribution in [0.2, 0.25) is 5.22 Å². The van der Waals surface area contributed by atoms with Crippen molar-refractivity contribution in [2.75, 3.05) is 0 Å². The van der Waals surface area contributed by atoms with Crippen LogP contribution in [0, 0.1) is 0 Å². The Kier molecular flexibility index (Phi) is 3.31. The summed E-state index contributed by atoms with van der Waals surface area (Å²) in [5, 5.41) is 4.57. The molecule has 0 spiro atoms. The molecule has 0 aromatic carbocycles. The van der Waals surface area contributed by atoms with Crippen molar-refractivity contribution in [3.05, 3.63) is 41.1 Å².